The quantitative estimate of drug-likeness (QED) is 0.436. The van der Waals surface area contributed by atoms with Crippen molar-refractivity contribution in [2.45, 2.75) is 38.4 Å². The van der Waals surface area contributed by atoms with Gasteiger partial charge in [-0.3, -0.25) is 9.88 Å². The van der Waals surface area contributed by atoms with E-state index in [0.29, 0.717) is 5.82 Å². The molecule has 32 heavy (non-hydrogen) atoms. The number of fused-ring (bicyclic) bond motifs is 1. The molecule has 1 aromatic carbocycles. The zero-order valence-electron chi connectivity index (χ0n) is 18.1. The molecule has 1 aliphatic rings. The molecule has 7 nitrogen and oxygen atoms in total. The van der Waals surface area contributed by atoms with Gasteiger partial charge in [0.2, 0.25) is 0 Å². The monoisotopic (exact) mass is 428 g/mol. The first-order valence-corrected chi connectivity index (χ1v) is 11.2. The van der Waals surface area contributed by atoms with Crippen molar-refractivity contribution in [1.29, 1.82) is 0 Å². The van der Waals surface area contributed by atoms with Crippen LogP contribution in [0, 0.1) is 0 Å². The zero-order chi connectivity index (χ0) is 21.8. The molecule has 1 saturated heterocycles. The highest BCUT2D eigenvalue weighted by molar-refractivity contribution is 5.84. The van der Waals surface area contributed by atoms with Gasteiger partial charge in [-0.2, -0.15) is 0 Å². The van der Waals surface area contributed by atoms with Gasteiger partial charge in [0.1, 0.15) is 11.6 Å². The number of nitrogens with one attached hydrogen (secondary N) is 1. The zero-order valence-corrected chi connectivity index (χ0v) is 18.1. The van der Waals surface area contributed by atoms with E-state index in [0.717, 1.165) is 50.4 Å². The van der Waals surface area contributed by atoms with Crippen LogP contribution in [0.3, 0.4) is 0 Å². The lowest BCUT2D eigenvalue weighted by molar-refractivity contribution is 0.244. The van der Waals surface area contributed by atoms with Crippen LogP contribution in [0.2, 0.25) is 0 Å². The van der Waals surface area contributed by atoms with Crippen molar-refractivity contribution in [3.05, 3.63) is 78.5 Å². The summed E-state index contributed by atoms with van der Waals surface area (Å²) in [6.07, 6.45) is 10.6. The molecule has 0 bridgehead atoms. The molecule has 0 aliphatic carbocycles. The molecule has 4 aromatic rings. The summed E-state index contributed by atoms with van der Waals surface area (Å²) in [5.41, 5.74) is 3.54. The van der Waals surface area contributed by atoms with Gasteiger partial charge in [0, 0.05) is 43.0 Å². The van der Waals surface area contributed by atoms with Crippen LogP contribution in [0.1, 0.15) is 36.6 Å². The predicted octanol–water partition coefficient (Wildman–Crippen LogP) is 4.29. The molecule has 1 aliphatic heterocycles. The fraction of sp³-hybridized carbons (Fsp3) is 0.320. The average molecular weight is 429 g/mol. The topological polar surface area (TPSA) is 79.1 Å². The van der Waals surface area contributed by atoms with E-state index in [1.807, 2.05) is 24.4 Å². The Morgan fingerprint density at radius 3 is 2.84 bits per heavy atom. The van der Waals surface area contributed by atoms with E-state index >= 15 is 0 Å². The van der Waals surface area contributed by atoms with Gasteiger partial charge in [0.25, 0.3) is 0 Å². The van der Waals surface area contributed by atoms with Gasteiger partial charge in [0.05, 0.1) is 24.1 Å². The number of hydrogen-bond acceptors (Lipinski definition) is 6. The minimum Gasteiger partial charge on any atom is -0.396 e. The Hall–Kier alpha value is -3.29. The molecule has 0 radical (unpaired) electrons. The second kappa shape index (κ2) is 9.46. The molecule has 7 heteroatoms. The third kappa shape index (κ3) is 4.35. The molecular formula is C25H28N6O. The van der Waals surface area contributed by atoms with Crippen LogP contribution in [-0.4, -0.2) is 42.7 Å². The number of hydrogen-bond donors (Lipinski definition) is 2. The SMILES string of the molecule is OCCCn1cc(CN2CCCC2c2cncc(Nc3ccccn3)n2)c2ccccc21. The van der Waals surface area contributed by atoms with E-state index in [2.05, 4.69) is 55.2 Å². The number of rotatable bonds is 8. The summed E-state index contributed by atoms with van der Waals surface area (Å²) >= 11 is 0. The van der Waals surface area contributed by atoms with E-state index < -0.39 is 0 Å². The van der Waals surface area contributed by atoms with Crippen molar-refractivity contribution in [3.63, 3.8) is 0 Å². The lowest BCUT2D eigenvalue weighted by Crippen LogP contribution is -2.23. The van der Waals surface area contributed by atoms with Crippen LogP contribution in [0.5, 0.6) is 0 Å². The first-order chi connectivity index (χ1) is 15.8. The van der Waals surface area contributed by atoms with Crippen molar-refractivity contribution < 1.29 is 5.11 Å². The summed E-state index contributed by atoms with van der Waals surface area (Å²) in [7, 11) is 0. The van der Waals surface area contributed by atoms with Crippen LogP contribution in [-0.2, 0) is 13.1 Å². The number of para-hydroxylation sites is 1. The van der Waals surface area contributed by atoms with Crippen LogP contribution in [0.15, 0.2) is 67.3 Å². The molecule has 0 amide bonds. The first-order valence-electron chi connectivity index (χ1n) is 11.2. The third-order valence-corrected chi connectivity index (χ3v) is 6.08. The molecule has 2 N–H and O–H groups in total. The second-order valence-electron chi connectivity index (χ2n) is 8.24. The molecule has 164 valence electrons. The molecule has 0 spiro atoms. The number of aromatic nitrogens is 4. The Bertz CT molecular complexity index is 1180. The van der Waals surface area contributed by atoms with Crippen LogP contribution < -0.4 is 5.32 Å². The number of benzene rings is 1. The number of likely N-dealkylation sites (tertiary alicyclic amines) is 1. The number of aliphatic hydroxyl groups excluding tert-OH is 1. The molecule has 4 heterocycles. The Labute approximate surface area is 187 Å². The Kier molecular flexibility index (Phi) is 6.09. The van der Waals surface area contributed by atoms with Crippen LogP contribution >= 0.6 is 0 Å². The largest absolute Gasteiger partial charge is 0.396 e. The number of aliphatic hydroxyl groups is 1. The van der Waals surface area contributed by atoms with Crippen molar-refractivity contribution in [3.8, 4) is 0 Å². The third-order valence-electron chi connectivity index (χ3n) is 6.08. The predicted molar refractivity (Wildman–Crippen MR) is 126 cm³/mol. The summed E-state index contributed by atoms with van der Waals surface area (Å²) in [6, 6.07) is 14.5. The lowest BCUT2D eigenvalue weighted by atomic mass is 10.1. The van der Waals surface area contributed by atoms with Crippen LogP contribution in [0.4, 0.5) is 11.6 Å². The summed E-state index contributed by atoms with van der Waals surface area (Å²) in [4.78, 5) is 16.1. The van der Waals surface area contributed by atoms with E-state index in [1.54, 1.807) is 12.4 Å². The van der Waals surface area contributed by atoms with Gasteiger partial charge in [-0.05, 0) is 49.6 Å². The van der Waals surface area contributed by atoms with Gasteiger partial charge in [-0.25, -0.2) is 9.97 Å². The van der Waals surface area contributed by atoms with E-state index in [-0.39, 0.29) is 12.6 Å². The highest BCUT2D eigenvalue weighted by Gasteiger charge is 2.28. The maximum Gasteiger partial charge on any atom is 0.150 e. The Balaban J connectivity index is 1.37. The molecule has 1 unspecified atom stereocenters. The lowest BCUT2D eigenvalue weighted by Gasteiger charge is -2.24. The maximum absolute atomic E-state index is 9.27. The maximum atomic E-state index is 9.27. The fourth-order valence-electron chi connectivity index (χ4n) is 4.61. The molecule has 5 rings (SSSR count). The number of anilines is 2. The highest BCUT2D eigenvalue weighted by atomic mass is 16.3. The number of pyridine rings is 1. The van der Waals surface area contributed by atoms with E-state index in [1.165, 1.54) is 16.5 Å². The summed E-state index contributed by atoms with van der Waals surface area (Å²) in [5.74, 6) is 1.48. The van der Waals surface area contributed by atoms with E-state index in [9.17, 15) is 5.11 Å². The van der Waals surface area contributed by atoms with Crippen molar-refractivity contribution in [1.82, 2.24) is 24.4 Å². The Morgan fingerprint density at radius 2 is 1.97 bits per heavy atom. The van der Waals surface area contributed by atoms with Crippen molar-refractivity contribution >= 4 is 22.5 Å². The van der Waals surface area contributed by atoms with Crippen LogP contribution in [0.25, 0.3) is 10.9 Å². The molecule has 0 saturated carbocycles. The normalized spacial score (nSPS) is 16.6. The van der Waals surface area contributed by atoms with Crippen molar-refractivity contribution in [2.75, 3.05) is 18.5 Å². The highest BCUT2D eigenvalue weighted by Crippen LogP contribution is 2.34. The Morgan fingerprint density at radius 1 is 1.06 bits per heavy atom. The summed E-state index contributed by atoms with van der Waals surface area (Å²) in [6.45, 7) is 2.95. The van der Waals surface area contributed by atoms with Gasteiger partial charge in [-0.15, -0.1) is 0 Å². The smallest absolute Gasteiger partial charge is 0.150 e. The van der Waals surface area contributed by atoms with Gasteiger partial charge in [0.15, 0.2) is 0 Å². The standard InChI is InChI=1S/C25H28N6O/c32-14-6-13-30-17-19(20-7-1-2-8-22(20)30)18-31-12-5-9-23(31)21-15-26-16-25(28-21)29-24-10-3-4-11-27-24/h1-4,7-8,10-11,15-17,23,32H,5-6,9,12-14,18H2,(H,27,28,29). The van der Waals surface area contributed by atoms with E-state index in [4.69, 9.17) is 4.98 Å². The molecular weight excluding hydrogens is 400 g/mol. The number of nitrogens with zero attached hydrogens (tertiary/aromatic N) is 5. The first kappa shape index (κ1) is 20.6. The van der Waals surface area contributed by atoms with Gasteiger partial charge >= 0.3 is 0 Å². The minimum atomic E-state index is 0.206. The van der Waals surface area contributed by atoms with Gasteiger partial charge in [-0.1, -0.05) is 24.3 Å². The molecule has 1 fully saturated rings. The molecule has 3 aromatic heterocycles. The second-order valence-corrected chi connectivity index (χ2v) is 8.24. The minimum absolute atomic E-state index is 0.206. The number of aryl methyl sites for hydroxylation is 1. The summed E-state index contributed by atoms with van der Waals surface area (Å²) < 4.78 is 2.27. The fourth-order valence-corrected chi connectivity index (χ4v) is 4.61. The average Bonchev–Trinajstić information content (AvgIpc) is 3.44. The summed E-state index contributed by atoms with van der Waals surface area (Å²) in [5, 5.41) is 13.8. The van der Waals surface area contributed by atoms with Gasteiger partial charge < -0.3 is 15.0 Å². The molecule has 1 atom stereocenters. The van der Waals surface area contributed by atoms with Crippen molar-refractivity contribution in [2.24, 2.45) is 0 Å².